The fraction of sp³-hybridized carbons (Fsp3) is 0.692. The average molecular weight is 1580 g/mol. The molecule has 0 aromatic rings. The van der Waals surface area contributed by atoms with Gasteiger partial charge in [-0.25, -0.2) is 9.13 Å². The summed E-state index contributed by atoms with van der Waals surface area (Å²) >= 11 is 0. The van der Waals surface area contributed by atoms with Crippen molar-refractivity contribution in [1.82, 2.24) is 0 Å². The zero-order chi connectivity index (χ0) is 80.3. The average Bonchev–Trinajstić information content (AvgIpc) is 0.900. The van der Waals surface area contributed by atoms with Gasteiger partial charge in [0, 0.05) is 25.7 Å². The van der Waals surface area contributed by atoms with Crippen molar-refractivity contribution < 1.29 is 80.2 Å². The highest BCUT2D eigenvalue weighted by atomic mass is 31.2. The van der Waals surface area contributed by atoms with Crippen molar-refractivity contribution in [3.63, 3.8) is 0 Å². The number of aliphatic hydroxyl groups excluding tert-OH is 1. The van der Waals surface area contributed by atoms with E-state index in [0.29, 0.717) is 25.7 Å². The third-order valence-corrected chi connectivity index (χ3v) is 19.7. The number of hydrogen-bond acceptors (Lipinski definition) is 15. The second kappa shape index (κ2) is 81.9. The molecule has 0 aromatic carbocycles. The summed E-state index contributed by atoms with van der Waals surface area (Å²) in [5.41, 5.74) is 0. The maximum Gasteiger partial charge on any atom is 0.472 e. The lowest BCUT2D eigenvalue weighted by atomic mass is 10.0. The molecule has 0 fully saturated rings. The number of carbonyl (C=O) groups excluding carboxylic acids is 4. The van der Waals surface area contributed by atoms with Gasteiger partial charge in [-0.05, 0) is 148 Å². The molecule has 19 heteroatoms. The number of rotatable bonds is 80. The topological polar surface area (TPSA) is 237 Å². The largest absolute Gasteiger partial charge is 0.472 e. The monoisotopic (exact) mass is 1580 g/mol. The fourth-order valence-corrected chi connectivity index (χ4v) is 12.9. The molecule has 0 amide bonds. The Kier molecular flexibility index (Phi) is 78.2. The minimum atomic E-state index is -5.00. The summed E-state index contributed by atoms with van der Waals surface area (Å²) in [6, 6.07) is 0. The highest BCUT2D eigenvalue weighted by Crippen LogP contribution is 2.45. The van der Waals surface area contributed by atoms with Gasteiger partial charge in [0.1, 0.15) is 19.3 Å². The third-order valence-electron chi connectivity index (χ3n) is 17.8. The van der Waals surface area contributed by atoms with Crippen LogP contribution in [0.15, 0.2) is 146 Å². The van der Waals surface area contributed by atoms with E-state index < -0.39 is 97.5 Å². The highest BCUT2D eigenvalue weighted by Gasteiger charge is 2.30. The molecule has 5 unspecified atom stereocenters. The Morgan fingerprint density at radius 2 is 0.473 bits per heavy atom. The molecule has 0 spiro atoms. The summed E-state index contributed by atoms with van der Waals surface area (Å²) in [4.78, 5) is 73.3. The standard InChI is InChI=1S/C91H154O17P2/c1-5-9-13-17-21-25-29-33-37-40-42-45-49-52-56-60-64-68-72-76-89(94)102-82-87(108-91(96)78-74-70-66-62-58-54-50-46-43-41-38-34-30-26-22-18-14-10-6-2)84-106-110(99,100)104-80-85(92)79-103-109(97,98)105-83-86(107-90(95)77-73-69-65-61-57-53-47-36-32-28-24-20-16-12-8-4)81-101-88(93)75-71-67-63-59-55-51-48-44-39-35-31-27-23-19-15-11-7-3/h9,11,13,15,21-23,25-27,33-35,37-39,42-43,45-46,48,51-52,56,85-87,92H,5-8,10,12,14,16-20,24,28-32,36,40-41,44,47,49-50,53-55,57-84H2,1-4H3,(H,97,98)(H,99,100)/b13-9-,15-11-,25-21-,26-22-,27-23-,37-33-,38-34-,39-35-,45-42-,46-43-,51-48-,56-52-. The third kappa shape index (κ3) is 81.0. The van der Waals surface area contributed by atoms with Gasteiger partial charge in [-0.3, -0.25) is 37.3 Å². The Hall–Kier alpha value is -5.06. The molecule has 0 aliphatic rings. The Bertz CT molecular complexity index is 2650. The maximum atomic E-state index is 13.2. The summed E-state index contributed by atoms with van der Waals surface area (Å²) < 4.78 is 68.8. The first kappa shape index (κ1) is 105. The summed E-state index contributed by atoms with van der Waals surface area (Å²) in [5.74, 6) is -2.24. The van der Waals surface area contributed by atoms with Crippen molar-refractivity contribution in [2.75, 3.05) is 39.6 Å². The van der Waals surface area contributed by atoms with Crippen LogP contribution >= 0.6 is 15.6 Å². The first-order valence-corrected chi connectivity index (χ1v) is 46.1. The summed E-state index contributed by atoms with van der Waals surface area (Å²) in [7, 11) is -9.99. The summed E-state index contributed by atoms with van der Waals surface area (Å²) in [5, 5.41) is 10.7. The number of phosphoric ester groups is 2. The summed E-state index contributed by atoms with van der Waals surface area (Å²) in [6.45, 7) is 4.59. The van der Waals surface area contributed by atoms with Crippen molar-refractivity contribution in [3.05, 3.63) is 146 Å². The van der Waals surface area contributed by atoms with E-state index in [4.69, 9.17) is 37.0 Å². The molecule has 0 saturated heterocycles. The van der Waals surface area contributed by atoms with E-state index in [0.717, 1.165) is 186 Å². The molecular weight excluding hydrogens is 1430 g/mol. The molecule has 110 heavy (non-hydrogen) atoms. The fourth-order valence-electron chi connectivity index (χ4n) is 11.3. The van der Waals surface area contributed by atoms with Crippen molar-refractivity contribution in [2.24, 2.45) is 0 Å². The van der Waals surface area contributed by atoms with Gasteiger partial charge >= 0.3 is 39.5 Å². The number of esters is 4. The van der Waals surface area contributed by atoms with Crippen molar-refractivity contribution in [3.8, 4) is 0 Å². The van der Waals surface area contributed by atoms with Crippen LogP contribution in [0.1, 0.15) is 349 Å². The van der Waals surface area contributed by atoms with Crippen LogP contribution in [0.2, 0.25) is 0 Å². The van der Waals surface area contributed by atoms with Crippen LogP contribution in [0.5, 0.6) is 0 Å². The molecule has 0 aromatic heterocycles. The lowest BCUT2D eigenvalue weighted by molar-refractivity contribution is -0.161. The number of allylic oxidation sites excluding steroid dienone is 24. The van der Waals surface area contributed by atoms with Crippen LogP contribution in [-0.4, -0.2) is 96.7 Å². The van der Waals surface area contributed by atoms with Gasteiger partial charge in [-0.1, -0.05) is 321 Å². The zero-order valence-electron chi connectivity index (χ0n) is 69.1. The van der Waals surface area contributed by atoms with Crippen LogP contribution in [0.3, 0.4) is 0 Å². The van der Waals surface area contributed by atoms with Gasteiger partial charge in [0.15, 0.2) is 12.2 Å². The van der Waals surface area contributed by atoms with Gasteiger partial charge in [0.05, 0.1) is 26.4 Å². The second-order valence-electron chi connectivity index (χ2n) is 28.4. The van der Waals surface area contributed by atoms with Crippen LogP contribution in [-0.2, 0) is 65.4 Å². The van der Waals surface area contributed by atoms with Crippen LogP contribution in [0.4, 0.5) is 0 Å². The number of aliphatic hydroxyl groups is 1. The van der Waals surface area contributed by atoms with Crippen molar-refractivity contribution >= 4 is 39.5 Å². The van der Waals surface area contributed by atoms with E-state index in [1.807, 2.05) is 0 Å². The molecule has 0 aliphatic carbocycles. The molecule has 0 radical (unpaired) electrons. The molecule has 0 rings (SSSR count). The van der Waals surface area contributed by atoms with Crippen LogP contribution in [0, 0.1) is 0 Å². The van der Waals surface area contributed by atoms with E-state index in [1.54, 1.807) is 0 Å². The number of phosphoric acid groups is 2. The first-order chi connectivity index (χ1) is 53.7. The molecule has 0 saturated carbocycles. The number of hydrogen-bond donors (Lipinski definition) is 3. The van der Waals surface area contributed by atoms with Gasteiger partial charge in [-0.15, -0.1) is 0 Å². The van der Waals surface area contributed by atoms with E-state index in [2.05, 4.69) is 174 Å². The van der Waals surface area contributed by atoms with Gasteiger partial charge in [0.2, 0.25) is 0 Å². The minimum absolute atomic E-state index is 0.0687. The minimum Gasteiger partial charge on any atom is -0.462 e. The van der Waals surface area contributed by atoms with Crippen molar-refractivity contribution in [1.29, 1.82) is 0 Å². The Morgan fingerprint density at radius 3 is 0.755 bits per heavy atom. The summed E-state index contributed by atoms with van der Waals surface area (Å²) in [6.07, 6.45) is 95.1. The molecule has 17 nitrogen and oxygen atoms in total. The number of unbranched alkanes of at least 4 members (excludes halogenated alkanes) is 30. The smallest absolute Gasteiger partial charge is 0.462 e. The van der Waals surface area contributed by atoms with Crippen LogP contribution in [0.25, 0.3) is 0 Å². The molecule has 630 valence electrons. The molecular formula is C91H154O17P2. The highest BCUT2D eigenvalue weighted by molar-refractivity contribution is 7.47. The van der Waals surface area contributed by atoms with E-state index in [9.17, 15) is 43.2 Å². The normalized spacial score (nSPS) is 14.5. The predicted octanol–water partition coefficient (Wildman–Crippen LogP) is 25.8. The SMILES string of the molecule is CC/C=C\C/C=C\C/C=C\C/C=C\C/C=C\CCCCCC(=O)OCC(COP(=O)(O)OCC(O)COP(=O)(O)OCC(COC(=O)CCCCCC/C=C\C/C=C\C/C=C\C/C=C\CC)OC(=O)CCCCCCCCCCCCCCCCC)OC(=O)CCCCCCCC/C=C\C/C=C\C/C=C\CCCCC. The van der Waals surface area contributed by atoms with Gasteiger partial charge < -0.3 is 33.8 Å². The maximum absolute atomic E-state index is 13.2. The molecule has 0 aliphatic heterocycles. The quantitative estimate of drug-likeness (QED) is 0.0169. The Labute approximate surface area is 668 Å². The Balaban J connectivity index is 5.45. The van der Waals surface area contributed by atoms with E-state index in [-0.39, 0.29) is 25.7 Å². The van der Waals surface area contributed by atoms with E-state index in [1.165, 1.54) is 83.5 Å². The number of carbonyl (C=O) groups is 4. The molecule has 0 heterocycles. The second-order valence-corrected chi connectivity index (χ2v) is 31.3. The Morgan fingerprint density at radius 1 is 0.264 bits per heavy atom. The van der Waals surface area contributed by atoms with Crippen molar-refractivity contribution in [2.45, 2.75) is 367 Å². The lowest BCUT2D eigenvalue weighted by Gasteiger charge is -2.21. The molecule has 3 N–H and O–H groups in total. The predicted molar refractivity (Wildman–Crippen MR) is 454 cm³/mol. The van der Waals surface area contributed by atoms with Gasteiger partial charge in [0.25, 0.3) is 0 Å². The van der Waals surface area contributed by atoms with Crippen LogP contribution < -0.4 is 0 Å². The van der Waals surface area contributed by atoms with E-state index >= 15 is 0 Å². The molecule has 5 atom stereocenters. The zero-order valence-corrected chi connectivity index (χ0v) is 70.9. The first-order valence-electron chi connectivity index (χ1n) is 43.1. The lowest BCUT2D eigenvalue weighted by Crippen LogP contribution is -2.30. The number of ether oxygens (including phenoxy) is 4. The molecule has 0 bridgehead atoms. The van der Waals surface area contributed by atoms with Gasteiger partial charge in [-0.2, -0.15) is 0 Å².